The predicted molar refractivity (Wildman–Crippen MR) is 76.6 cm³/mol. The number of nitrogens with one attached hydrogen (secondary N) is 2. The molecule has 2 bridgehead atoms. The Balaban J connectivity index is 1.98. The second-order valence-corrected chi connectivity index (χ2v) is 6.03. The standard InChI is InChI=1S/C14H24N6/c1-17-14(10(6-15)7-16)18-11-4-12-8-19(2)9-13(5-11)20(12)3/h10-14,17-18H,4-5,8-9H2,1-3H3. The van der Waals surface area contributed by atoms with E-state index in [1.807, 2.05) is 0 Å². The third-order valence-electron chi connectivity index (χ3n) is 4.65. The second-order valence-electron chi connectivity index (χ2n) is 6.03. The number of fused-ring (bicyclic) bond motifs is 2. The average molecular weight is 276 g/mol. The molecule has 0 aromatic carbocycles. The van der Waals surface area contributed by atoms with E-state index in [0.717, 1.165) is 25.9 Å². The summed E-state index contributed by atoms with van der Waals surface area (Å²) in [7, 11) is 6.18. The summed E-state index contributed by atoms with van der Waals surface area (Å²) in [6, 6.07) is 5.60. The van der Waals surface area contributed by atoms with Crippen LogP contribution >= 0.6 is 0 Å². The summed E-state index contributed by atoms with van der Waals surface area (Å²) in [5.74, 6) is -0.651. The average Bonchev–Trinajstić information content (AvgIpc) is 2.41. The van der Waals surface area contributed by atoms with Gasteiger partial charge in [0.2, 0.25) is 0 Å². The topological polar surface area (TPSA) is 78.1 Å². The van der Waals surface area contributed by atoms with Crippen molar-refractivity contribution in [2.24, 2.45) is 5.92 Å². The van der Waals surface area contributed by atoms with E-state index in [9.17, 15) is 0 Å². The number of piperazine rings is 1. The molecule has 3 atom stereocenters. The molecule has 2 N–H and O–H groups in total. The first-order valence-corrected chi connectivity index (χ1v) is 7.22. The van der Waals surface area contributed by atoms with Crippen LogP contribution in [0.4, 0.5) is 0 Å². The van der Waals surface area contributed by atoms with Crippen LogP contribution < -0.4 is 10.6 Å². The fourth-order valence-corrected chi connectivity index (χ4v) is 3.50. The molecule has 0 saturated carbocycles. The van der Waals surface area contributed by atoms with Gasteiger partial charge in [0, 0.05) is 31.2 Å². The molecule has 0 spiro atoms. The van der Waals surface area contributed by atoms with Crippen LogP contribution in [0.5, 0.6) is 0 Å². The summed E-state index contributed by atoms with van der Waals surface area (Å²) in [5.41, 5.74) is 0. The highest BCUT2D eigenvalue weighted by Gasteiger charge is 2.38. The van der Waals surface area contributed by atoms with Crippen LogP contribution in [0.25, 0.3) is 0 Å². The van der Waals surface area contributed by atoms with Crippen molar-refractivity contribution in [3.63, 3.8) is 0 Å². The maximum absolute atomic E-state index is 9.03. The second kappa shape index (κ2) is 6.51. The van der Waals surface area contributed by atoms with E-state index in [2.05, 4.69) is 46.7 Å². The number of nitriles is 2. The molecule has 6 nitrogen and oxygen atoms in total. The molecule has 2 aliphatic rings. The quantitative estimate of drug-likeness (QED) is 0.678. The Morgan fingerprint density at radius 1 is 1.10 bits per heavy atom. The maximum Gasteiger partial charge on any atom is 0.161 e. The molecule has 6 heteroatoms. The van der Waals surface area contributed by atoms with Crippen LogP contribution in [0, 0.1) is 28.6 Å². The summed E-state index contributed by atoms with van der Waals surface area (Å²) in [6.07, 6.45) is 1.88. The van der Waals surface area contributed by atoms with E-state index in [4.69, 9.17) is 10.5 Å². The molecule has 2 fully saturated rings. The molecule has 0 radical (unpaired) electrons. The fraction of sp³-hybridized carbons (Fsp3) is 0.857. The number of hydrogen-bond acceptors (Lipinski definition) is 6. The lowest BCUT2D eigenvalue weighted by atomic mass is 9.87. The zero-order valence-electron chi connectivity index (χ0n) is 12.5. The molecule has 20 heavy (non-hydrogen) atoms. The smallest absolute Gasteiger partial charge is 0.161 e. The van der Waals surface area contributed by atoms with Gasteiger partial charge in [0.05, 0.1) is 18.3 Å². The number of likely N-dealkylation sites (tertiary alicyclic amines) is 1. The first-order chi connectivity index (χ1) is 9.58. The fourth-order valence-electron chi connectivity index (χ4n) is 3.50. The molecule has 2 saturated heterocycles. The van der Waals surface area contributed by atoms with Gasteiger partial charge in [-0.15, -0.1) is 0 Å². The van der Waals surface area contributed by atoms with E-state index in [1.54, 1.807) is 7.05 Å². The highest BCUT2D eigenvalue weighted by molar-refractivity contribution is 5.06. The minimum absolute atomic E-state index is 0.253. The molecule has 2 heterocycles. The Hall–Kier alpha value is -1.18. The number of nitrogens with zero attached hydrogens (tertiary/aromatic N) is 4. The van der Waals surface area contributed by atoms with Gasteiger partial charge in [-0.2, -0.15) is 10.5 Å². The van der Waals surface area contributed by atoms with Crippen molar-refractivity contribution in [2.75, 3.05) is 34.2 Å². The Morgan fingerprint density at radius 2 is 1.65 bits per heavy atom. The highest BCUT2D eigenvalue weighted by Crippen LogP contribution is 2.27. The van der Waals surface area contributed by atoms with Gasteiger partial charge >= 0.3 is 0 Å². The van der Waals surface area contributed by atoms with Crippen molar-refractivity contribution in [1.29, 1.82) is 10.5 Å². The zero-order chi connectivity index (χ0) is 14.7. The number of hydrogen-bond donors (Lipinski definition) is 2. The van der Waals surface area contributed by atoms with Gasteiger partial charge in [-0.3, -0.25) is 10.2 Å². The van der Waals surface area contributed by atoms with Crippen molar-refractivity contribution in [1.82, 2.24) is 20.4 Å². The van der Waals surface area contributed by atoms with Crippen LogP contribution in [-0.4, -0.2) is 68.3 Å². The molecular formula is C14H24N6. The Labute approximate surface area is 121 Å². The molecule has 2 aliphatic heterocycles. The summed E-state index contributed by atoms with van der Waals surface area (Å²) in [6.45, 7) is 2.19. The molecule has 0 aromatic heterocycles. The van der Waals surface area contributed by atoms with Crippen LogP contribution in [0.3, 0.4) is 0 Å². The minimum Gasteiger partial charge on any atom is -0.303 e. The van der Waals surface area contributed by atoms with Crippen LogP contribution in [0.2, 0.25) is 0 Å². The minimum atomic E-state index is -0.651. The lowest BCUT2D eigenvalue weighted by Gasteiger charge is -2.50. The van der Waals surface area contributed by atoms with Crippen LogP contribution in [0.15, 0.2) is 0 Å². The van der Waals surface area contributed by atoms with Gasteiger partial charge in [0.1, 0.15) is 0 Å². The lowest BCUT2D eigenvalue weighted by Crippen LogP contribution is -2.64. The first-order valence-electron chi connectivity index (χ1n) is 7.22. The molecule has 3 unspecified atom stereocenters. The van der Waals surface area contributed by atoms with Gasteiger partial charge in [-0.05, 0) is 34.0 Å². The Bertz CT molecular complexity index is 381. The molecule has 2 rings (SSSR count). The zero-order valence-corrected chi connectivity index (χ0v) is 12.5. The highest BCUT2D eigenvalue weighted by atomic mass is 15.3. The van der Waals surface area contributed by atoms with Crippen molar-refractivity contribution in [3.8, 4) is 12.1 Å². The lowest BCUT2D eigenvalue weighted by molar-refractivity contribution is 0.00510. The van der Waals surface area contributed by atoms with E-state index in [1.165, 1.54) is 0 Å². The van der Waals surface area contributed by atoms with Gasteiger partial charge in [-0.25, -0.2) is 0 Å². The first kappa shape index (κ1) is 15.2. The van der Waals surface area contributed by atoms with E-state index in [-0.39, 0.29) is 6.17 Å². The van der Waals surface area contributed by atoms with Crippen molar-refractivity contribution < 1.29 is 0 Å². The largest absolute Gasteiger partial charge is 0.303 e. The van der Waals surface area contributed by atoms with E-state index < -0.39 is 5.92 Å². The van der Waals surface area contributed by atoms with Crippen LogP contribution in [-0.2, 0) is 0 Å². The maximum atomic E-state index is 9.03. The van der Waals surface area contributed by atoms with Gasteiger partial charge in [0.15, 0.2) is 5.92 Å². The molecule has 0 aliphatic carbocycles. The monoisotopic (exact) mass is 276 g/mol. The van der Waals surface area contributed by atoms with Crippen molar-refractivity contribution in [2.45, 2.75) is 37.1 Å². The third kappa shape index (κ3) is 3.11. The SMILES string of the molecule is CNC(NC1CC2CN(C)CC(C1)N2C)C(C#N)C#N. The Morgan fingerprint density at radius 3 is 2.10 bits per heavy atom. The molecule has 0 aromatic rings. The summed E-state index contributed by atoms with van der Waals surface area (Å²) < 4.78 is 0. The van der Waals surface area contributed by atoms with Crippen LogP contribution in [0.1, 0.15) is 12.8 Å². The number of rotatable bonds is 4. The van der Waals surface area contributed by atoms with Gasteiger partial charge < -0.3 is 10.2 Å². The molecule has 0 amide bonds. The third-order valence-corrected chi connectivity index (χ3v) is 4.65. The van der Waals surface area contributed by atoms with Gasteiger partial charge in [-0.1, -0.05) is 0 Å². The van der Waals surface area contributed by atoms with Crippen molar-refractivity contribution >= 4 is 0 Å². The molecular weight excluding hydrogens is 252 g/mol. The predicted octanol–water partition coefficient (Wildman–Crippen LogP) is -0.438. The number of likely N-dealkylation sites (N-methyl/N-ethyl adjacent to an activating group) is 2. The van der Waals surface area contributed by atoms with Gasteiger partial charge in [0.25, 0.3) is 0 Å². The van der Waals surface area contributed by atoms with Crippen molar-refractivity contribution in [3.05, 3.63) is 0 Å². The summed E-state index contributed by atoms with van der Waals surface area (Å²) >= 11 is 0. The Kier molecular flexibility index (Phi) is 4.95. The summed E-state index contributed by atoms with van der Waals surface area (Å²) in [4.78, 5) is 4.88. The normalized spacial score (nSPS) is 32.6. The number of piperidine rings is 1. The summed E-state index contributed by atoms with van der Waals surface area (Å²) in [5, 5.41) is 24.6. The van der Waals surface area contributed by atoms with E-state index in [0.29, 0.717) is 18.1 Å². The van der Waals surface area contributed by atoms with E-state index >= 15 is 0 Å². The molecule has 110 valence electrons.